The predicted molar refractivity (Wildman–Crippen MR) is 107 cm³/mol. The number of fused-ring (bicyclic) bond motifs is 2. The first-order valence-corrected chi connectivity index (χ1v) is 8.87. The van der Waals surface area contributed by atoms with E-state index in [0.717, 1.165) is 16.3 Å². The molecule has 4 rings (SSSR count). The predicted octanol–water partition coefficient (Wildman–Crippen LogP) is 6.09. The molecule has 0 aliphatic carbocycles. The fraction of sp³-hybridized carbons (Fsp3) is 0.125. The van der Waals surface area contributed by atoms with Crippen LogP contribution in [0.4, 0.5) is 0 Å². The lowest BCUT2D eigenvalue weighted by atomic mass is 9.95. The maximum atomic E-state index is 12.4. The molecule has 2 heteroatoms. The quantitative estimate of drug-likeness (QED) is 0.332. The minimum atomic E-state index is -0.207. The van der Waals surface area contributed by atoms with E-state index in [1.54, 1.807) is 0 Å². The molecular formula is C24H20O2. The van der Waals surface area contributed by atoms with Gasteiger partial charge >= 0.3 is 5.97 Å². The lowest BCUT2D eigenvalue weighted by Gasteiger charge is -2.13. The van der Waals surface area contributed by atoms with Gasteiger partial charge in [0.05, 0.1) is 6.42 Å². The molecule has 128 valence electrons. The Hall–Kier alpha value is -3.13. The van der Waals surface area contributed by atoms with E-state index in [0.29, 0.717) is 12.2 Å². The Kier molecular flexibility index (Phi) is 4.40. The largest absolute Gasteiger partial charge is 0.426 e. The number of benzene rings is 4. The molecule has 0 saturated carbocycles. The third-order valence-electron chi connectivity index (χ3n) is 4.77. The second-order valence-corrected chi connectivity index (χ2v) is 6.69. The van der Waals surface area contributed by atoms with Gasteiger partial charge < -0.3 is 4.74 Å². The number of hydrogen-bond acceptors (Lipinski definition) is 2. The van der Waals surface area contributed by atoms with E-state index >= 15 is 0 Å². The molecule has 1 atom stereocenters. The van der Waals surface area contributed by atoms with Crippen LogP contribution >= 0.6 is 0 Å². The number of carbonyl (C=O) groups excluding carboxylic acids is 1. The minimum absolute atomic E-state index is 0.104. The Bertz CT molecular complexity index is 1080. The standard InChI is InChI=1S/C24H20O2/c1-17(20-11-10-18-6-2-4-8-21(18)15-20)14-24(25)26-23-13-12-19-7-3-5-9-22(19)16-23/h2-13,15-17H,14H2,1H3. The van der Waals surface area contributed by atoms with Crippen molar-refractivity contribution in [1.82, 2.24) is 0 Å². The van der Waals surface area contributed by atoms with E-state index in [2.05, 4.69) is 37.3 Å². The van der Waals surface area contributed by atoms with E-state index in [-0.39, 0.29) is 11.9 Å². The molecule has 26 heavy (non-hydrogen) atoms. The molecule has 0 aliphatic rings. The third kappa shape index (κ3) is 3.45. The van der Waals surface area contributed by atoms with Gasteiger partial charge in [-0.15, -0.1) is 0 Å². The van der Waals surface area contributed by atoms with Crippen molar-refractivity contribution in [2.75, 3.05) is 0 Å². The van der Waals surface area contributed by atoms with Crippen LogP contribution in [0.15, 0.2) is 84.9 Å². The lowest BCUT2D eigenvalue weighted by Crippen LogP contribution is -2.11. The molecule has 0 fully saturated rings. The second-order valence-electron chi connectivity index (χ2n) is 6.69. The van der Waals surface area contributed by atoms with Crippen molar-refractivity contribution in [2.24, 2.45) is 0 Å². The fourth-order valence-corrected chi connectivity index (χ4v) is 3.29. The van der Waals surface area contributed by atoms with Crippen LogP contribution in [0.1, 0.15) is 24.8 Å². The Morgan fingerprint density at radius 2 is 1.35 bits per heavy atom. The fourth-order valence-electron chi connectivity index (χ4n) is 3.29. The lowest BCUT2D eigenvalue weighted by molar-refractivity contribution is -0.134. The molecule has 0 bridgehead atoms. The Balaban J connectivity index is 1.47. The van der Waals surface area contributed by atoms with Gasteiger partial charge in [-0.1, -0.05) is 79.7 Å². The number of esters is 1. The van der Waals surface area contributed by atoms with Crippen LogP contribution in [-0.4, -0.2) is 5.97 Å². The molecule has 0 heterocycles. The van der Waals surface area contributed by atoms with Crippen LogP contribution in [0, 0.1) is 0 Å². The van der Waals surface area contributed by atoms with Crippen molar-refractivity contribution in [1.29, 1.82) is 0 Å². The summed E-state index contributed by atoms with van der Waals surface area (Å²) in [5.41, 5.74) is 1.15. The van der Waals surface area contributed by atoms with E-state index < -0.39 is 0 Å². The molecule has 4 aromatic carbocycles. The number of rotatable bonds is 4. The van der Waals surface area contributed by atoms with E-state index in [1.165, 1.54) is 10.8 Å². The maximum Gasteiger partial charge on any atom is 0.311 e. The molecule has 0 amide bonds. The van der Waals surface area contributed by atoms with Crippen molar-refractivity contribution in [3.05, 3.63) is 90.5 Å². The Labute approximate surface area is 153 Å². The topological polar surface area (TPSA) is 26.3 Å². The summed E-state index contributed by atoms with van der Waals surface area (Å²) in [5.74, 6) is 0.493. The molecular weight excluding hydrogens is 320 g/mol. The van der Waals surface area contributed by atoms with E-state index in [4.69, 9.17) is 4.74 Å². The van der Waals surface area contributed by atoms with Crippen LogP contribution in [0.25, 0.3) is 21.5 Å². The summed E-state index contributed by atoms with van der Waals surface area (Å²) in [6.45, 7) is 2.06. The first kappa shape index (κ1) is 16.3. The zero-order valence-corrected chi connectivity index (χ0v) is 14.7. The van der Waals surface area contributed by atoms with E-state index in [1.807, 2.05) is 54.6 Å². The zero-order chi connectivity index (χ0) is 17.9. The number of hydrogen-bond donors (Lipinski definition) is 0. The number of carbonyl (C=O) groups is 1. The average molecular weight is 340 g/mol. The Morgan fingerprint density at radius 1 is 0.769 bits per heavy atom. The first-order chi connectivity index (χ1) is 12.7. The molecule has 1 unspecified atom stereocenters. The summed E-state index contributed by atoms with van der Waals surface area (Å²) in [5, 5.41) is 4.61. The first-order valence-electron chi connectivity index (χ1n) is 8.87. The highest BCUT2D eigenvalue weighted by atomic mass is 16.5. The van der Waals surface area contributed by atoms with Gasteiger partial charge in [-0.25, -0.2) is 0 Å². The van der Waals surface area contributed by atoms with Gasteiger partial charge in [-0.3, -0.25) is 4.79 Å². The average Bonchev–Trinajstić information content (AvgIpc) is 2.67. The van der Waals surface area contributed by atoms with Crippen LogP contribution < -0.4 is 4.74 Å². The van der Waals surface area contributed by atoms with Crippen molar-refractivity contribution < 1.29 is 9.53 Å². The maximum absolute atomic E-state index is 12.4. The minimum Gasteiger partial charge on any atom is -0.426 e. The molecule has 0 N–H and O–H groups in total. The zero-order valence-electron chi connectivity index (χ0n) is 14.7. The third-order valence-corrected chi connectivity index (χ3v) is 4.77. The summed E-state index contributed by atoms with van der Waals surface area (Å²) >= 11 is 0. The molecule has 4 aromatic rings. The van der Waals surface area contributed by atoms with Gasteiger partial charge in [0.25, 0.3) is 0 Å². The highest BCUT2D eigenvalue weighted by molar-refractivity contribution is 5.85. The van der Waals surface area contributed by atoms with Crippen LogP contribution in [0.3, 0.4) is 0 Å². The summed E-state index contributed by atoms with van der Waals surface area (Å²) in [6, 6.07) is 28.4. The van der Waals surface area contributed by atoms with Crippen molar-refractivity contribution in [2.45, 2.75) is 19.3 Å². The smallest absolute Gasteiger partial charge is 0.311 e. The number of ether oxygens (including phenoxy) is 1. The summed E-state index contributed by atoms with van der Waals surface area (Å²) in [6.07, 6.45) is 0.352. The molecule has 0 aromatic heterocycles. The SMILES string of the molecule is CC(CC(=O)Oc1ccc2ccccc2c1)c1ccc2ccccc2c1. The van der Waals surface area contributed by atoms with E-state index in [9.17, 15) is 4.79 Å². The van der Waals surface area contributed by atoms with Crippen molar-refractivity contribution >= 4 is 27.5 Å². The molecule has 0 spiro atoms. The van der Waals surface area contributed by atoms with Crippen LogP contribution in [0.2, 0.25) is 0 Å². The van der Waals surface area contributed by atoms with Gasteiger partial charge in [0.2, 0.25) is 0 Å². The van der Waals surface area contributed by atoms with Gasteiger partial charge in [0.15, 0.2) is 0 Å². The summed E-state index contributed by atoms with van der Waals surface area (Å²) < 4.78 is 5.56. The van der Waals surface area contributed by atoms with Gasteiger partial charge in [-0.2, -0.15) is 0 Å². The summed E-state index contributed by atoms with van der Waals surface area (Å²) in [4.78, 5) is 12.4. The molecule has 0 radical (unpaired) electrons. The van der Waals surface area contributed by atoms with Gasteiger partial charge in [0, 0.05) is 0 Å². The van der Waals surface area contributed by atoms with Crippen molar-refractivity contribution in [3.8, 4) is 5.75 Å². The van der Waals surface area contributed by atoms with Crippen LogP contribution in [0.5, 0.6) is 5.75 Å². The molecule has 0 saturated heterocycles. The molecule has 0 aliphatic heterocycles. The molecule has 2 nitrogen and oxygen atoms in total. The second kappa shape index (κ2) is 7.01. The summed E-state index contributed by atoms with van der Waals surface area (Å²) in [7, 11) is 0. The van der Waals surface area contributed by atoms with Crippen molar-refractivity contribution in [3.63, 3.8) is 0 Å². The highest BCUT2D eigenvalue weighted by Gasteiger charge is 2.14. The van der Waals surface area contributed by atoms with Gasteiger partial charge in [-0.05, 0) is 45.2 Å². The monoisotopic (exact) mass is 340 g/mol. The highest BCUT2D eigenvalue weighted by Crippen LogP contribution is 2.26. The van der Waals surface area contributed by atoms with Gasteiger partial charge in [0.1, 0.15) is 5.75 Å². The Morgan fingerprint density at radius 3 is 2.04 bits per heavy atom. The normalized spacial score (nSPS) is 12.2. The van der Waals surface area contributed by atoms with Crippen LogP contribution in [-0.2, 0) is 4.79 Å².